The van der Waals surface area contributed by atoms with E-state index in [1.54, 1.807) is 37.6 Å². The second-order valence-electron chi connectivity index (χ2n) is 17.8. The number of carbonyl (C=O) groups excluding carboxylic acids is 3. The lowest BCUT2D eigenvalue weighted by Gasteiger charge is -2.46. The molecule has 326 valence electrons. The first-order valence-corrected chi connectivity index (χ1v) is 24.6. The number of benzene rings is 3. The number of carbonyl (C=O) groups is 3. The lowest BCUT2D eigenvalue weighted by Crippen LogP contribution is -2.52. The van der Waals surface area contributed by atoms with Gasteiger partial charge in [-0.05, 0) is 106 Å². The molecule has 1 aromatic heterocycles. The highest BCUT2D eigenvalue weighted by Gasteiger charge is 2.51. The van der Waals surface area contributed by atoms with Gasteiger partial charge in [-0.1, -0.05) is 36.7 Å². The van der Waals surface area contributed by atoms with Crippen LogP contribution >= 0.6 is 18.7 Å². The molecule has 16 heteroatoms. The summed E-state index contributed by atoms with van der Waals surface area (Å²) in [4.78, 5) is 53.6. The van der Waals surface area contributed by atoms with Crippen LogP contribution in [-0.2, 0) is 27.1 Å². The summed E-state index contributed by atoms with van der Waals surface area (Å²) in [5, 5.41) is 10.1. The van der Waals surface area contributed by atoms with Crippen LogP contribution in [0.2, 0.25) is 5.02 Å². The number of amides is 3. The molecule has 9 rings (SSSR count). The smallest absolute Gasteiger partial charge is 0.255 e. The van der Waals surface area contributed by atoms with Crippen molar-refractivity contribution in [1.29, 1.82) is 0 Å². The maximum Gasteiger partial charge on any atom is 0.255 e. The number of aryl methyl sites for hydroxylation is 1. The number of anilines is 5. The van der Waals surface area contributed by atoms with Gasteiger partial charge in [-0.3, -0.25) is 24.6 Å². The van der Waals surface area contributed by atoms with Crippen molar-refractivity contribution in [1.82, 2.24) is 25.1 Å². The number of methoxy groups -OCH3 is 1. The minimum atomic E-state index is -2.56. The summed E-state index contributed by atoms with van der Waals surface area (Å²) in [7, 11) is -0.887. The fraction of sp³-hybridized carbons (Fsp3) is 0.457. The first-order chi connectivity index (χ1) is 29.8. The lowest BCUT2D eigenvalue weighted by atomic mass is 9.66. The van der Waals surface area contributed by atoms with Crippen LogP contribution in [0.15, 0.2) is 60.8 Å². The number of likely N-dealkylation sites (tertiary alicyclic amines) is 1. The number of nitrogens with one attached hydrogen (secondary N) is 3. The highest BCUT2D eigenvalue weighted by atomic mass is 35.5. The zero-order valence-electron chi connectivity index (χ0n) is 35.7. The van der Waals surface area contributed by atoms with Gasteiger partial charge >= 0.3 is 0 Å². The molecule has 3 N–H and O–H groups in total. The first-order valence-electron chi connectivity index (χ1n) is 21.7. The van der Waals surface area contributed by atoms with Crippen LogP contribution in [0.3, 0.4) is 0 Å². The maximum absolute atomic E-state index is 13.3. The molecule has 4 aromatic rings. The molecular formula is C46H54ClN8O6P. The standard InChI is InChI=1S/C46H54ClN8O6P/c1-5-28-21-35(50-45-48-25-33(47)42(52-45)49-34-10-6-7-12-40(34)62(3,4)59)39(60-2)22-37(28)53-18-15-29(16-19-53)54-20-17-46(27-54)23-30(24-46)61-38-11-8-9-31-32(38)26-55(44(31)58)36-13-14-41(56)51-43(36)57/h6-12,21-22,25,29-30,36H,5,13-20,23-24,26-27H2,1-4H3,(H,51,56,57)(H2,48,49,50,52)/t30?,36-,46?/m1/s1. The largest absolute Gasteiger partial charge is 0.494 e. The van der Waals surface area contributed by atoms with Gasteiger partial charge in [0.15, 0.2) is 5.82 Å². The van der Waals surface area contributed by atoms with Gasteiger partial charge < -0.3 is 34.5 Å². The third kappa shape index (κ3) is 8.24. The minimum Gasteiger partial charge on any atom is -0.494 e. The van der Waals surface area contributed by atoms with Crippen molar-refractivity contribution in [2.24, 2.45) is 5.41 Å². The van der Waals surface area contributed by atoms with E-state index in [1.807, 2.05) is 36.4 Å². The normalized spacial score (nSPS) is 23.0. The molecule has 5 heterocycles. The SMILES string of the molecule is CCc1cc(Nc2ncc(Cl)c(Nc3ccccc3P(C)(C)=O)n2)c(OC)cc1N1CCC(N2CCC3(CC(Oc4cccc5c4CN([C@@H]4CCC(=O)NC4=O)C5=O)C3)C2)CC1. The van der Waals surface area contributed by atoms with Gasteiger partial charge in [-0.2, -0.15) is 4.98 Å². The molecule has 3 aromatic carbocycles. The summed E-state index contributed by atoms with van der Waals surface area (Å²) in [6.07, 6.45) is 8.35. The number of nitrogens with zero attached hydrogens (tertiary/aromatic N) is 5. The lowest BCUT2D eigenvalue weighted by molar-refractivity contribution is -0.136. The first kappa shape index (κ1) is 42.1. The number of imide groups is 1. The Balaban J connectivity index is 0.800. The molecule has 62 heavy (non-hydrogen) atoms. The van der Waals surface area contributed by atoms with Crippen molar-refractivity contribution in [2.75, 3.05) is 62.2 Å². The Hall–Kier alpha value is -5.17. The third-order valence-corrected chi connectivity index (χ3v) is 15.3. The summed E-state index contributed by atoms with van der Waals surface area (Å²) in [5.74, 6) is 1.30. The second kappa shape index (κ2) is 16.8. The van der Waals surface area contributed by atoms with Crippen molar-refractivity contribution in [3.63, 3.8) is 0 Å². The predicted octanol–water partition coefficient (Wildman–Crippen LogP) is 7.10. The molecule has 0 bridgehead atoms. The molecule has 4 aliphatic heterocycles. The number of rotatable bonds is 12. The van der Waals surface area contributed by atoms with Crippen LogP contribution in [0.1, 0.15) is 73.4 Å². The number of halogens is 1. The van der Waals surface area contributed by atoms with Crippen LogP contribution in [0.5, 0.6) is 11.5 Å². The highest BCUT2D eigenvalue weighted by Crippen LogP contribution is 2.51. The molecule has 1 spiro atoms. The number of hydrogen-bond acceptors (Lipinski definition) is 12. The molecular weight excluding hydrogens is 827 g/mol. The Morgan fingerprint density at radius 2 is 1.76 bits per heavy atom. The van der Waals surface area contributed by atoms with Gasteiger partial charge in [-0.15, -0.1) is 0 Å². The predicted molar refractivity (Wildman–Crippen MR) is 242 cm³/mol. The van der Waals surface area contributed by atoms with E-state index in [0.717, 1.165) is 87.0 Å². The Morgan fingerprint density at radius 1 is 0.968 bits per heavy atom. The summed E-state index contributed by atoms with van der Waals surface area (Å²) in [6.45, 7) is 10.0. The molecule has 1 atom stereocenters. The second-order valence-corrected chi connectivity index (χ2v) is 21.4. The molecule has 3 amide bonds. The highest BCUT2D eigenvalue weighted by molar-refractivity contribution is 7.70. The van der Waals surface area contributed by atoms with E-state index in [9.17, 15) is 18.9 Å². The molecule has 1 saturated carbocycles. The average molecular weight is 881 g/mol. The zero-order chi connectivity index (χ0) is 43.3. The van der Waals surface area contributed by atoms with Gasteiger partial charge in [0.2, 0.25) is 17.8 Å². The third-order valence-electron chi connectivity index (χ3n) is 13.5. The Bertz CT molecular complexity index is 2470. The van der Waals surface area contributed by atoms with Crippen molar-refractivity contribution in [2.45, 2.75) is 83.0 Å². The Labute approximate surface area is 367 Å². The fourth-order valence-corrected chi connectivity index (χ4v) is 11.5. The number of ether oxygens (including phenoxy) is 2. The van der Waals surface area contributed by atoms with Crippen LogP contribution in [0.4, 0.5) is 28.8 Å². The van der Waals surface area contributed by atoms with E-state index in [-0.39, 0.29) is 29.8 Å². The Morgan fingerprint density at radius 3 is 2.50 bits per heavy atom. The minimum absolute atomic E-state index is 0.0915. The van der Waals surface area contributed by atoms with Gasteiger partial charge in [0.05, 0.1) is 37.3 Å². The number of para-hydroxylation sites is 1. The van der Waals surface area contributed by atoms with Gasteiger partial charge in [0, 0.05) is 60.3 Å². The summed E-state index contributed by atoms with van der Waals surface area (Å²) in [6, 6.07) is 17.2. The monoisotopic (exact) mass is 880 g/mol. The number of hydrogen-bond donors (Lipinski definition) is 3. The van der Waals surface area contributed by atoms with E-state index in [0.29, 0.717) is 52.8 Å². The van der Waals surface area contributed by atoms with Crippen molar-refractivity contribution in [3.8, 4) is 11.5 Å². The van der Waals surface area contributed by atoms with Crippen LogP contribution in [-0.4, -0.2) is 102 Å². The van der Waals surface area contributed by atoms with E-state index in [1.165, 1.54) is 11.3 Å². The van der Waals surface area contributed by atoms with Crippen molar-refractivity contribution < 1.29 is 28.4 Å². The molecule has 0 unspecified atom stereocenters. The van der Waals surface area contributed by atoms with Crippen LogP contribution in [0, 0.1) is 5.41 Å². The summed E-state index contributed by atoms with van der Waals surface area (Å²) >= 11 is 6.54. The molecule has 1 aliphatic carbocycles. The maximum atomic E-state index is 13.3. The van der Waals surface area contributed by atoms with E-state index >= 15 is 0 Å². The zero-order valence-corrected chi connectivity index (χ0v) is 37.4. The van der Waals surface area contributed by atoms with Gasteiger partial charge in [0.25, 0.3) is 5.91 Å². The fourth-order valence-electron chi connectivity index (χ4n) is 10.2. The van der Waals surface area contributed by atoms with Crippen molar-refractivity contribution >= 4 is 70.6 Å². The van der Waals surface area contributed by atoms with Crippen LogP contribution in [0.25, 0.3) is 0 Å². The van der Waals surface area contributed by atoms with E-state index in [4.69, 9.17) is 26.1 Å². The molecule has 4 fully saturated rings. The van der Waals surface area contributed by atoms with Crippen molar-refractivity contribution in [3.05, 3.63) is 82.5 Å². The quantitative estimate of drug-likeness (QED) is 0.0981. The summed E-state index contributed by atoms with van der Waals surface area (Å²) < 4.78 is 25.5. The molecule has 14 nitrogen and oxygen atoms in total. The van der Waals surface area contributed by atoms with E-state index in [2.05, 4.69) is 49.8 Å². The molecule has 3 saturated heterocycles. The number of piperidine rings is 2. The summed E-state index contributed by atoms with van der Waals surface area (Å²) in [5.41, 5.74) is 5.50. The number of fused-ring (bicyclic) bond motifs is 1. The van der Waals surface area contributed by atoms with Crippen LogP contribution < -0.4 is 35.6 Å². The topological polar surface area (TPSA) is 158 Å². The van der Waals surface area contributed by atoms with Gasteiger partial charge in [-0.25, -0.2) is 4.98 Å². The molecule has 0 radical (unpaired) electrons. The van der Waals surface area contributed by atoms with Gasteiger partial charge in [0.1, 0.15) is 29.7 Å². The average Bonchev–Trinajstić information content (AvgIpc) is 3.84. The Kier molecular flexibility index (Phi) is 11.4. The molecule has 5 aliphatic rings. The van der Waals surface area contributed by atoms with E-state index < -0.39 is 19.1 Å². The number of aromatic nitrogens is 2.